The Kier molecular flexibility index (Phi) is 83.5. The molecule has 107 heavy (non-hydrogen) atoms. The van der Waals surface area contributed by atoms with Gasteiger partial charge in [-0.15, -0.1) is 0 Å². The van der Waals surface area contributed by atoms with Crippen molar-refractivity contribution in [3.63, 3.8) is 0 Å². The first-order valence-electron chi connectivity index (χ1n) is 37.5. The zero-order valence-corrected chi connectivity index (χ0v) is 64.1. The molecule has 0 radical (unpaired) electrons. The highest BCUT2D eigenvalue weighted by Crippen LogP contribution is 2.15. The Morgan fingerprint density at radius 2 is 0.514 bits per heavy atom. The lowest BCUT2D eigenvalue weighted by Gasteiger charge is -2.18. The molecular weight excluding hydrogens is 1420 g/mol. The molecule has 0 aliphatic heterocycles. The summed E-state index contributed by atoms with van der Waals surface area (Å²) in [5.41, 5.74) is 6.14. The summed E-state index contributed by atoms with van der Waals surface area (Å²) in [5, 5.41) is 11.8. The number of nitrogens with two attached hydrogens (primary N) is 1. The van der Waals surface area contributed by atoms with Crippen LogP contribution in [0.5, 0.6) is 5.75 Å². The van der Waals surface area contributed by atoms with Gasteiger partial charge in [0.25, 0.3) is 0 Å². The van der Waals surface area contributed by atoms with Crippen LogP contribution in [-0.2, 0) is 153 Å². The van der Waals surface area contributed by atoms with Crippen molar-refractivity contribution >= 4 is 17.7 Å². The van der Waals surface area contributed by atoms with Gasteiger partial charge in [0, 0.05) is 33.1 Å². The van der Waals surface area contributed by atoms with Gasteiger partial charge in [0.2, 0.25) is 5.91 Å². The Morgan fingerprint density at radius 3 is 0.738 bits per heavy atom. The highest BCUT2D eigenvalue weighted by atomic mass is 16.6. The molecule has 1 aromatic carbocycles. The van der Waals surface area contributed by atoms with Gasteiger partial charge < -0.3 is 154 Å². The maximum Gasteiger partial charge on any atom is 0.341 e. The summed E-state index contributed by atoms with van der Waals surface area (Å²) in [5.74, 6) is -1.19. The second-order valence-electron chi connectivity index (χ2n) is 22.3. The molecule has 0 aromatic heterocycles. The van der Waals surface area contributed by atoms with Crippen molar-refractivity contribution in [1.29, 1.82) is 0 Å². The van der Waals surface area contributed by atoms with E-state index in [2.05, 4.69) is 5.32 Å². The van der Waals surface area contributed by atoms with Gasteiger partial charge in [-0.1, -0.05) is 12.1 Å². The van der Waals surface area contributed by atoms with Crippen LogP contribution in [0.25, 0.3) is 0 Å². The van der Waals surface area contributed by atoms with E-state index in [0.29, 0.717) is 375 Å². The quantitative estimate of drug-likeness (QED) is 0.0765. The predicted molar refractivity (Wildman–Crippen MR) is 387 cm³/mol. The number of carbonyl (C=O) groups excluding carboxylic acids is 2. The first kappa shape index (κ1) is 101. The average molecular weight is 1560 g/mol. The van der Waals surface area contributed by atoms with E-state index in [9.17, 15) is 14.4 Å². The molecule has 0 heterocycles. The van der Waals surface area contributed by atoms with Gasteiger partial charge in [-0.2, -0.15) is 0 Å². The van der Waals surface area contributed by atoms with Crippen molar-refractivity contribution in [2.45, 2.75) is 31.7 Å². The van der Waals surface area contributed by atoms with Crippen LogP contribution in [0.1, 0.15) is 24.8 Å². The fraction of sp³-hybridized carbons (Fsp3) is 0.875. The number of nitrogens with one attached hydrogen (secondary N) is 1. The largest absolute Gasteiger partial charge is 0.482 e. The molecule has 0 saturated carbocycles. The minimum atomic E-state index is -1.09. The molecule has 0 saturated heterocycles. The number of ether oxygens (including phenoxy) is 29. The lowest BCUT2D eigenvalue weighted by atomic mass is 9.99. The Hall–Kier alpha value is -3.53. The fourth-order valence-corrected chi connectivity index (χ4v) is 8.23. The number of carbonyl (C=O) groups is 3. The van der Waals surface area contributed by atoms with Gasteiger partial charge in [0.15, 0.2) is 12.4 Å². The van der Waals surface area contributed by atoms with Gasteiger partial charge in [-0.05, 0) is 30.5 Å². The number of hydrogen-bond acceptors (Lipinski definition) is 33. The maximum absolute atomic E-state index is 13.4. The topological polar surface area (TPSA) is 377 Å². The second kappa shape index (κ2) is 88.0. The minimum Gasteiger partial charge on any atom is -0.482 e. The number of methoxy groups -OCH3 is 1. The number of amides is 1. The Balaban J connectivity index is 1.77. The molecule has 1 aromatic rings. The molecule has 0 aliphatic carbocycles. The smallest absolute Gasteiger partial charge is 0.341 e. The molecule has 1 unspecified atom stereocenters. The molecule has 0 spiro atoms. The van der Waals surface area contributed by atoms with Crippen molar-refractivity contribution in [1.82, 2.24) is 5.32 Å². The summed E-state index contributed by atoms with van der Waals surface area (Å²) >= 11 is 0. The van der Waals surface area contributed by atoms with Crippen LogP contribution in [0, 0.1) is 0 Å². The van der Waals surface area contributed by atoms with E-state index in [0.717, 1.165) is 5.56 Å². The van der Waals surface area contributed by atoms with Gasteiger partial charge in [0.05, 0.1) is 363 Å². The number of benzene rings is 1. The van der Waals surface area contributed by atoms with E-state index in [4.69, 9.17) is 148 Å². The summed E-state index contributed by atoms with van der Waals surface area (Å²) < 4.78 is 159. The Bertz CT molecular complexity index is 1950. The third kappa shape index (κ3) is 81.8. The number of rotatable bonds is 94. The molecule has 0 aliphatic rings. The van der Waals surface area contributed by atoms with Crippen LogP contribution in [0.15, 0.2) is 24.3 Å². The van der Waals surface area contributed by atoms with E-state index in [1.165, 1.54) is 0 Å². The zero-order valence-electron chi connectivity index (χ0n) is 64.1. The molecule has 0 fully saturated rings. The molecule has 1 rings (SSSR count). The van der Waals surface area contributed by atoms with Crippen molar-refractivity contribution < 1.29 is 157 Å². The summed E-state index contributed by atoms with van der Waals surface area (Å²) in [6.07, 6.45) is 0.931. The maximum atomic E-state index is 13.4. The van der Waals surface area contributed by atoms with Crippen LogP contribution in [-0.4, -0.2) is 412 Å². The number of carboxylic acids is 1. The van der Waals surface area contributed by atoms with Crippen molar-refractivity contribution in [2.75, 3.05) is 384 Å². The molecule has 1 amide bonds. The van der Waals surface area contributed by atoms with Crippen molar-refractivity contribution in [3.05, 3.63) is 29.8 Å². The third-order valence-electron chi connectivity index (χ3n) is 13.6. The molecule has 1 atom stereocenters. The second-order valence-corrected chi connectivity index (χ2v) is 22.3. The molecule has 35 heteroatoms. The number of ketones is 1. The highest BCUT2D eigenvalue weighted by molar-refractivity contribution is 5.89. The van der Waals surface area contributed by atoms with Gasteiger partial charge in [-0.25, -0.2) is 4.79 Å². The molecule has 4 N–H and O–H groups in total. The van der Waals surface area contributed by atoms with Crippen LogP contribution < -0.4 is 15.8 Å². The van der Waals surface area contributed by atoms with Gasteiger partial charge >= 0.3 is 5.97 Å². The Morgan fingerprint density at radius 1 is 0.299 bits per heavy atom. The monoisotopic (exact) mass is 1550 g/mol. The summed E-state index contributed by atoms with van der Waals surface area (Å²) in [6, 6.07) is 5.92. The molecule has 630 valence electrons. The predicted octanol–water partition coefficient (Wildman–Crippen LogP) is 0.970. The Labute approximate surface area is 634 Å². The standard InChI is InChI=1S/C72H134N2O33/c1-79-13-14-83-21-22-87-27-28-89-31-32-91-35-36-93-39-40-95-43-44-97-47-48-99-51-52-101-55-56-103-59-60-105-63-64-106-62-61-104-58-57-102-54-53-100-50-49-98-46-45-96-42-41-94-38-37-92-34-33-90-30-29-88-26-23-84-18-15-80-10-2-3-70(75)69(65-67-4-6-68(7-5-67)107-66-72(77)78)74-71(76)8-11-81-16-19-85-24-25-86-20-17-82-12-9-73/h4-7,69H,2-3,8-66,73H2,1H3,(H,74,76)(H,77,78). The van der Waals surface area contributed by atoms with Crippen molar-refractivity contribution in [3.8, 4) is 5.75 Å². The van der Waals surface area contributed by atoms with Gasteiger partial charge in [-0.3, -0.25) is 9.59 Å². The van der Waals surface area contributed by atoms with Gasteiger partial charge in [0.1, 0.15) is 5.75 Å². The van der Waals surface area contributed by atoms with E-state index in [-0.39, 0.29) is 37.6 Å². The molecular formula is C72H134N2O33. The van der Waals surface area contributed by atoms with E-state index in [1.54, 1.807) is 31.4 Å². The minimum absolute atomic E-state index is 0.0571. The summed E-state index contributed by atoms with van der Waals surface area (Å²) in [6.45, 7) is 25.0. The molecule has 0 bridgehead atoms. The lowest BCUT2D eigenvalue weighted by molar-refractivity contribution is -0.139. The van der Waals surface area contributed by atoms with Crippen LogP contribution >= 0.6 is 0 Å². The molecule has 35 nitrogen and oxygen atoms in total. The fourth-order valence-electron chi connectivity index (χ4n) is 8.23. The average Bonchev–Trinajstić information content (AvgIpc) is 0.878. The van der Waals surface area contributed by atoms with E-state index in [1.807, 2.05) is 0 Å². The summed E-state index contributed by atoms with van der Waals surface area (Å²) in [7, 11) is 1.64. The normalized spacial score (nSPS) is 11.9. The lowest BCUT2D eigenvalue weighted by Crippen LogP contribution is -2.42. The number of carboxylic acid groups (broad SMARTS) is 1. The van der Waals surface area contributed by atoms with Crippen molar-refractivity contribution in [2.24, 2.45) is 5.73 Å². The summed E-state index contributed by atoms with van der Waals surface area (Å²) in [4.78, 5) is 37.1. The SMILES string of the molecule is COCCOCCOCCOCCOCCOCCOCCOCCOCCOCCOCCOCCOCCOCCOCCOCCOCCOCCOCCOCCOCCOCCOCCOCCCC(=O)C(Cc1ccc(OCC(=O)O)cc1)NC(=O)CCOCCOCCOCCOCCN. The first-order chi connectivity index (χ1) is 53.0. The number of Topliss-reactive ketones (excluding diaryl/α,β-unsaturated/α-hetero) is 1. The zero-order chi connectivity index (χ0) is 76.6. The van der Waals surface area contributed by atoms with Crippen LogP contribution in [0.3, 0.4) is 0 Å². The number of hydrogen-bond donors (Lipinski definition) is 3. The highest BCUT2D eigenvalue weighted by Gasteiger charge is 2.21. The number of aliphatic carboxylic acids is 1. The van der Waals surface area contributed by atoms with Crippen LogP contribution in [0.2, 0.25) is 0 Å². The van der Waals surface area contributed by atoms with E-state index >= 15 is 0 Å². The third-order valence-corrected chi connectivity index (χ3v) is 13.6. The first-order valence-corrected chi connectivity index (χ1v) is 37.5. The van der Waals surface area contributed by atoms with Crippen LogP contribution in [0.4, 0.5) is 0 Å². The van der Waals surface area contributed by atoms with E-state index < -0.39 is 18.6 Å².